The zero-order chi connectivity index (χ0) is 20.8. The Morgan fingerprint density at radius 1 is 1.14 bits per heavy atom. The van der Waals surface area contributed by atoms with Crippen molar-refractivity contribution in [3.05, 3.63) is 77.2 Å². The van der Waals surface area contributed by atoms with Crippen LogP contribution in [0.2, 0.25) is 0 Å². The van der Waals surface area contributed by atoms with E-state index in [2.05, 4.69) is 15.3 Å². The van der Waals surface area contributed by atoms with Crippen LogP contribution in [0, 0.1) is 0 Å². The van der Waals surface area contributed by atoms with Crippen LogP contribution in [0.3, 0.4) is 0 Å². The minimum Gasteiger partial charge on any atom is -0.497 e. The molecule has 2 aromatic carbocycles. The van der Waals surface area contributed by atoms with Crippen molar-refractivity contribution in [2.24, 2.45) is 11.5 Å². The summed E-state index contributed by atoms with van der Waals surface area (Å²) in [7, 11) is 1.59. The van der Waals surface area contributed by atoms with Crippen LogP contribution < -0.4 is 21.5 Å². The van der Waals surface area contributed by atoms with Crippen LogP contribution >= 0.6 is 0 Å². The Balaban J connectivity index is 1.79. The molecule has 5 N–H and O–H groups in total. The number of methoxy groups -OCH3 is 1. The van der Waals surface area contributed by atoms with Crippen LogP contribution in [-0.4, -0.2) is 28.9 Å². The molecule has 2 amide bonds. The lowest BCUT2D eigenvalue weighted by Gasteiger charge is -2.09. The van der Waals surface area contributed by atoms with E-state index in [1.807, 2.05) is 24.3 Å². The first-order valence-corrected chi connectivity index (χ1v) is 8.89. The fourth-order valence-electron chi connectivity index (χ4n) is 2.79. The van der Waals surface area contributed by atoms with Gasteiger partial charge in [-0.25, -0.2) is 4.98 Å². The lowest BCUT2D eigenvalue weighted by Crippen LogP contribution is -2.22. The standard InChI is InChI=1S/C21H21N5O3/c1-29-16-7-2-4-13(8-16)11-25-21(28)15-6-3-5-14(9-15)18-12-24-17(10-22)19(26-18)20(23)27/h2-9,12H,10-11,22H2,1H3,(H2,23,27)(H,25,28). The summed E-state index contributed by atoms with van der Waals surface area (Å²) in [5.41, 5.74) is 13.7. The van der Waals surface area contributed by atoms with Crippen molar-refractivity contribution in [2.75, 3.05) is 7.11 Å². The van der Waals surface area contributed by atoms with Crippen LogP contribution in [-0.2, 0) is 13.1 Å². The molecule has 0 aliphatic rings. The second-order valence-corrected chi connectivity index (χ2v) is 6.23. The largest absolute Gasteiger partial charge is 0.497 e. The van der Waals surface area contributed by atoms with Gasteiger partial charge in [-0.1, -0.05) is 24.3 Å². The highest BCUT2D eigenvalue weighted by molar-refractivity contribution is 5.95. The molecule has 0 radical (unpaired) electrons. The van der Waals surface area contributed by atoms with Crippen LogP contribution in [0.25, 0.3) is 11.3 Å². The molecule has 0 aliphatic heterocycles. The Morgan fingerprint density at radius 3 is 2.66 bits per heavy atom. The minimum absolute atomic E-state index is 0.0258. The molecule has 0 unspecified atom stereocenters. The molecule has 0 fully saturated rings. The van der Waals surface area contributed by atoms with E-state index < -0.39 is 5.91 Å². The molecule has 148 valence electrons. The fourth-order valence-corrected chi connectivity index (χ4v) is 2.79. The molecule has 29 heavy (non-hydrogen) atoms. The maximum Gasteiger partial charge on any atom is 0.269 e. The zero-order valence-electron chi connectivity index (χ0n) is 15.9. The average molecular weight is 391 g/mol. The molecule has 0 spiro atoms. The van der Waals surface area contributed by atoms with Crippen molar-refractivity contribution in [3.63, 3.8) is 0 Å². The fraction of sp³-hybridized carbons (Fsp3) is 0.143. The van der Waals surface area contributed by atoms with Gasteiger partial charge in [0.05, 0.1) is 24.7 Å². The first kappa shape index (κ1) is 20.0. The molecule has 8 heteroatoms. The van der Waals surface area contributed by atoms with Gasteiger partial charge in [-0.2, -0.15) is 0 Å². The number of benzene rings is 2. The van der Waals surface area contributed by atoms with Crippen LogP contribution in [0.4, 0.5) is 0 Å². The van der Waals surface area contributed by atoms with E-state index in [1.165, 1.54) is 6.20 Å². The molecule has 0 saturated carbocycles. The van der Waals surface area contributed by atoms with Gasteiger partial charge in [0.25, 0.3) is 11.8 Å². The summed E-state index contributed by atoms with van der Waals surface area (Å²) in [5, 5.41) is 2.87. The van der Waals surface area contributed by atoms with Gasteiger partial charge >= 0.3 is 0 Å². The van der Waals surface area contributed by atoms with Crippen molar-refractivity contribution in [1.29, 1.82) is 0 Å². The third-order valence-corrected chi connectivity index (χ3v) is 4.28. The number of aromatic nitrogens is 2. The summed E-state index contributed by atoms with van der Waals surface area (Å²) in [4.78, 5) is 32.6. The number of hydrogen-bond donors (Lipinski definition) is 3. The second kappa shape index (κ2) is 8.94. The number of rotatable bonds is 7. The van der Waals surface area contributed by atoms with Gasteiger partial charge in [-0.15, -0.1) is 0 Å². The molecule has 0 aliphatic carbocycles. The smallest absolute Gasteiger partial charge is 0.269 e. The van der Waals surface area contributed by atoms with Crippen molar-refractivity contribution in [3.8, 4) is 17.0 Å². The van der Waals surface area contributed by atoms with E-state index in [0.717, 1.165) is 11.3 Å². The highest BCUT2D eigenvalue weighted by Crippen LogP contribution is 2.19. The number of nitrogens with one attached hydrogen (secondary N) is 1. The third-order valence-electron chi connectivity index (χ3n) is 4.28. The molecule has 0 saturated heterocycles. The molecule has 1 aromatic heterocycles. The molecule has 8 nitrogen and oxygen atoms in total. The monoisotopic (exact) mass is 391 g/mol. The lowest BCUT2D eigenvalue weighted by atomic mass is 10.1. The number of nitrogens with zero attached hydrogens (tertiary/aromatic N) is 2. The predicted molar refractivity (Wildman–Crippen MR) is 108 cm³/mol. The maximum atomic E-state index is 12.6. The number of amides is 2. The first-order valence-electron chi connectivity index (χ1n) is 8.89. The highest BCUT2D eigenvalue weighted by Gasteiger charge is 2.14. The van der Waals surface area contributed by atoms with Crippen LogP contribution in [0.1, 0.15) is 32.1 Å². The third kappa shape index (κ3) is 4.74. The van der Waals surface area contributed by atoms with E-state index in [0.29, 0.717) is 29.1 Å². The van der Waals surface area contributed by atoms with Crippen molar-refractivity contribution >= 4 is 11.8 Å². The summed E-state index contributed by atoms with van der Waals surface area (Å²) in [6.07, 6.45) is 1.50. The number of ether oxygens (including phenoxy) is 1. The Hall–Kier alpha value is -3.78. The lowest BCUT2D eigenvalue weighted by molar-refractivity contribution is 0.0949. The van der Waals surface area contributed by atoms with Gasteiger partial charge in [-0.05, 0) is 29.8 Å². The summed E-state index contributed by atoms with van der Waals surface area (Å²) in [6, 6.07) is 14.3. The van der Waals surface area contributed by atoms with Gasteiger partial charge < -0.3 is 21.5 Å². The molecule has 0 bridgehead atoms. The SMILES string of the molecule is COc1cccc(CNC(=O)c2cccc(-c3cnc(CN)c(C(N)=O)n3)c2)c1. The van der Waals surface area contributed by atoms with Crippen molar-refractivity contribution in [1.82, 2.24) is 15.3 Å². The second-order valence-electron chi connectivity index (χ2n) is 6.23. The van der Waals surface area contributed by atoms with Crippen LogP contribution in [0.5, 0.6) is 5.75 Å². The topological polar surface area (TPSA) is 133 Å². The number of primary amides is 1. The molecule has 3 rings (SSSR count). The Morgan fingerprint density at radius 2 is 1.93 bits per heavy atom. The number of carbonyl (C=O) groups is 2. The van der Waals surface area contributed by atoms with Crippen LogP contribution in [0.15, 0.2) is 54.7 Å². The maximum absolute atomic E-state index is 12.6. The number of hydrogen-bond acceptors (Lipinski definition) is 6. The minimum atomic E-state index is -0.702. The molecule has 0 atom stereocenters. The molecule has 3 aromatic rings. The van der Waals surface area contributed by atoms with Gasteiger partial charge in [-0.3, -0.25) is 14.6 Å². The van der Waals surface area contributed by atoms with Crippen molar-refractivity contribution in [2.45, 2.75) is 13.1 Å². The van der Waals surface area contributed by atoms with E-state index in [4.69, 9.17) is 16.2 Å². The summed E-state index contributed by atoms with van der Waals surface area (Å²) >= 11 is 0. The van der Waals surface area contributed by atoms with Gasteiger partial charge in [0.1, 0.15) is 5.75 Å². The Labute approximate surface area is 167 Å². The predicted octanol–water partition coefficient (Wildman–Crippen LogP) is 1.64. The number of carbonyl (C=O) groups excluding carboxylic acids is 2. The van der Waals surface area contributed by atoms with Crippen molar-refractivity contribution < 1.29 is 14.3 Å². The summed E-state index contributed by atoms with van der Waals surface area (Å²) in [5.74, 6) is -0.216. The average Bonchev–Trinajstić information content (AvgIpc) is 2.77. The Kier molecular flexibility index (Phi) is 6.16. The Bertz CT molecular complexity index is 1050. The van der Waals surface area contributed by atoms with E-state index in [1.54, 1.807) is 31.4 Å². The van der Waals surface area contributed by atoms with Gasteiger partial charge in [0, 0.05) is 24.2 Å². The zero-order valence-corrected chi connectivity index (χ0v) is 15.9. The highest BCUT2D eigenvalue weighted by atomic mass is 16.5. The van der Waals surface area contributed by atoms with E-state index >= 15 is 0 Å². The quantitative estimate of drug-likeness (QED) is 0.561. The normalized spacial score (nSPS) is 10.4. The van der Waals surface area contributed by atoms with Gasteiger partial charge in [0.15, 0.2) is 5.69 Å². The summed E-state index contributed by atoms with van der Waals surface area (Å²) in [6.45, 7) is 0.412. The summed E-state index contributed by atoms with van der Waals surface area (Å²) < 4.78 is 5.19. The van der Waals surface area contributed by atoms with E-state index in [9.17, 15) is 9.59 Å². The van der Waals surface area contributed by atoms with Gasteiger partial charge in [0.2, 0.25) is 0 Å². The molecule has 1 heterocycles. The molecular formula is C21H21N5O3. The first-order chi connectivity index (χ1) is 14.0. The number of nitrogens with two attached hydrogens (primary N) is 2. The van der Waals surface area contributed by atoms with E-state index in [-0.39, 0.29) is 18.1 Å². The molecular weight excluding hydrogens is 370 g/mol.